The first-order chi connectivity index (χ1) is 17.6. The number of carbonyl (C=O) groups excluding carboxylic acids is 2. The van der Waals surface area contributed by atoms with Crippen molar-refractivity contribution in [1.82, 2.24) is 10.2 Å². The number of carbonyl (C=O) groups is 2. The second kappa shape index (κ2) is 13.1. The Hall–Kier alpha value is -3.08. The van der Waals surface area contributed by atoms with Gasteiger partial charge in [-0.3, -0.25) is 13.9 Å². The van der Waals surface area contributed by atoms with Crippen molar-refractivity contribution in [2.45, 2.75) is 59.3 Å². The summed E-state index contributed by atoms with van der Waals surface area (Å²) in [5.41, 5.74) is 0.720. The first-order valence-corrected chi connectivity index (χ1v) is 14.2. The first-order valence-electron chi connectivity index (χ1n) is 12.4. The van der Waals surface area contributed by atoms with E-state index in [0.717, 1.165) is 39.9 Å². The monoisotopic (exact) mass is 555 g/mol. The summed E-state index contributed by atoms with van der Waals surface area (Å²) in [5, 5.41) is 2.84. The third kappa shape index (κ3) is 9.04. The largest absolute Gasteiger partial charge is 0.416 e. The molecular weight excluding hydrogens is 519 g/mol. The number of benzene rings is 2. The number of sulfonamides is 1. The smallest absolute Gasteiger partial charge is 0.354 e. The van der Waals surface area contributed by atoms with Crippen LogP contribution in [0.25, 0.3) is 0 Å². The number of hydrogen-bond donors (Lipinski definition) is 1. The van der Waals surface area contributed by atoms with E-state index in [-0.39, 0.29) is 49.4 Å². The lowest BCUT2D eigenvalue weighted by Crippen LogP contribution is -2.48. The van der Waals surface area contributed by atoms with E-state index in [0.29, 0.717) is 6.54 Å². The molecule has 0 spiro atoms. The highest BCUT2D eigenvalue weighted by Gasteiger charge is 2.32. The average molecular weight is 556 g/mol. The molecule has 210 valence electrons. The maximum absolute atomic E-state index is 13.3. The minimum atomic E-state index is -4.63. The fourth-order valence-electron chi connectivity index (χ4n) is 3.85. The summed E-state index contributed by atoms with van der Waals surface area (Å²) in [4.78, 5) is 27.6. The number of nitrogens with zero attached hydrogens (tertiary/aromatic N) is 2. The van der Waals surface area contributed by atoms with Gasteiger partial charge in [-0.25, -0.2) is 8.42 Å². The highest BCUT2D eigenvalue weighted by atomic mass is 32.2. The molecule has 0 aliphatic heterocycles. The highest BCUT2D eigenvalue weighted by Crippen LogP contribution is 2.32. The Morgan fingerprint density at radius 3 is 2.26 bits per heavy atom. The van der Waals surface area contributed by atoms with Crippen LogP contribution in [0.1, 0.15) is 50.3 Å². The molecule has 11 heteroatoms. The SMILES string of the molecule is Cc1ccccc1CN(C(=O)CCCN(c1cccc(C(F)(F)F)c1)S(C)(=O)=O)[C@H](C)C(=O)NCC(C)C. The van der Waals surface area contributed by atoms with Gasteiger partial charge in [-0.1, -0.05) is 44.2 Å². The minimum absolute atomic E-state index is 0.0484. The molecule has 0 bridgehead atoms. The Labute approximate surface area is 223 Å². The van der Waals surface area contributed by atoms with E-state index in [2.05, 4.69) is 5.32 Å². The van der Waals surface area contributed by atoms with Crippen molar-refractivity contribution in [1.29, 1.82) is 0 Å². The van der Waals surface area contributed by atoms with Crippen LogP contribution in [-0.2, 0) is 32.3 Å². The Bertz CT molecular complexity index is 1220. The molecule has 0 fully saturated rings. The number of aryl methyl sites for hydroxylation is 1. The zero-order chi connectivity index (χ0) is 28.7. The van der Waals surface area contributed by atoms with Gasteiger partial charge >= 0.3 is 6.18 Å². The van der Waals surface area contributed by atoms with Crippen LogP contribution in [0.15, 0.2) is 48.5 Å². The van der Waals surface area contributed by atoms with Gasteiger partial charge in [0.15, 0.2) is 0 Å². The van der Waals surface area contributed by atoms with Gasteiger partial charge in [0, 0.05) is 26.1 Å². The molecule has 0 heterocycles. The summed E-state index contributed by atoms with van der Waals surface area (Å²) in [6, 6.07) is 10.8. The number of amides is 2. The van der Waals surface area contributed by atoms with Gasteiger partial charge in [-0.15, -0.1) is 0 Å². The Morgan fingerprint density at radius 2 is 1.68 bits per heavy atom. The average Bonchev–Trinajstić information content (AvgIpc) is 2.82. The second-order valence-electron chi connectivity index (χ2n) is 9.75. The number of anilines is 1. The highest BCUT2D eigenvalue weighted by molar-refractivity contribution is 7.92. The lowest BCUT2D eigenvalue weighted by atomic mass is 10.1. The van der Waals surface area contributed by atoms with Gasteiger partial charge in [0.25, 0.3) is 0 Å². The van der Waals surface area contributed by atoms with E-state index >= 15 is 0 Å². The zero-order valence-electron chi connectivity index (χ0n) is 22.4. The van der Waals surface area contributed by atoms with E-state index < -0.39 is 27.8 Å². The van der Waals surface area contributed by atoms with Crippen molar-refractivity contribution in [2.24, 2.45) is 5.92 Å². The zero-order valence-corrected chi connectivity index (χ0v) is 23.2. The summed E-state index contributed by atoms with van der Waals surface area (Å²) >= 11 is 0. The molecular formula is C27H36F3N3O4S. The first kappa shape index (κ1) is 31.1. The van der Waals surface area contributed by atoms with Crippen molar-refractivity contribution >= 4 is 27.5 Å². The summed E-state index contributed by atoms with van der Waals surface area (Å²) in [6.07, 6.45) is -3.77. The van der Waals surface area contributed by atoms with Gasteiger partial charge in [0.05, 0.1) is 17.5 Å². The molecule has 0 aromatic heterocycles. The summed E-state index contributed by atoms with van der Waals surface area (Å²) in [7, 11) is -3.92. The fraction of sp³-hybridized carbons (Fsp3) is 0.481. The lowest BCUT2D eigenvalue weighted by molar-refractivity contribution is -0.140. The molecule has 0 aliphatic rings. The van der Waals surface area contributed by atoms with Crippen LogP contribution in [0.4, 0.5) is 18.9 Å². The second-order valence-corrected chi connectivity index (χ2v) is 11.7. The molecule has 2 rings (SSSR count). The molecule has 0 radical (unpaired) electrons. The van der Waals surface area contributed by atoms with Crippen LogP contribution in [0.3, 0.4) is 0 Å². The third-order valence-corrected chi connectivity index (χ3v) is 7.26. The fourth-order valence-corrected chi connectivity index (χ4v) is 4.80. The Kier molecular flexibility index (Phi) is 10.8. The Morgan fingerprint density at radius 1 is 1.03 bits per heavy atom. The van der Waals surface area contributed by atoms with Crippen molar-refractivity contribution in [2.75, 3.05) is 23.7 Å². The van der Waals surface area contributed by atoms with E-state index in [4.69, 9.17) is 0 Å². The van der Waals surface area contributed by atoms with Gasteiger partial charge in [-0.2, -0.15) is 13.2 Å². The maximum atomic E-state index is 13.3. The molecule has 7 nitrogen and oxygen atoms in total. The van der Waals surface area contributed by atoms with Crippen molar-refractivity contribution in [3.8, 4) is 0 Å². The molecule has 1 N–H and O–H groups in total. The van der Waals surface area contributed by atoms with Crippen LogP contribution in [0.2, 0.25) is 0 Å². The number of alkyl halides is 3. The van der Waals surface area contributed by atoms with Crippen LogP contribution in [0, 0.1) is 12.8 Å². The molecule has 1 atom stereocenters. The molecule has 2 aromatic rings. The van der Waals surface area contributed by atoms with E-state index in [9.17, 15) is 31.2 Å². The minimum Gasteiger partial charge on any atom is -0.354 e. The molecule has 0 aliphatic carbocycles. The number of hydrogen-bond acceptors (Lipinski definition) is 4. The quantitative estimate of drug-likeness (QED) is 0.410. The standard InChI is InChI=1S/C27H36F3N3O4S/c1-19(2)17-31-26(35)21(4)32(18-22-11-7-6-10-20(22)3)25(34)14-9-15-33(38(5,36)37)24-13-8-12-23(16-24)27(28,29)30/h6-8,10-13,16,19,21H,9,14-15,17-18H2,1-5H3,(H,31,35)/t21-/m1/s1. The third-order valence-electron chi connectivity index (χ3n) is 6.07. The molecule has 0 unspecified atom stereocenters. The predicted molar refractivity (Wildman–Crippen MR) is 142 cm³/mol. The molecule has 0 saturated heterocycles. The molecule has 2 amide bonds. The molecule has 0 saturated carbocycles. The number of nitrogens with one attached hydrogen (secondary N) is 1. The van der Waals surface area contributed by atoms with Crippen molar-refractivity contribution in [3.05, 3.63) is 65.2 Å². The molecule has 2 aromatic carbocycles. The number of rotatable bonds is 12. The van der Waals surface area contributed by atoms with Crippen LogP contribution in [-0.4, -0.2) is 50.5 Å². The van der Waals surface area contributed by atoms with Crippen molar-refractivity contribution < 1.29 is 31.2 Å². The normalized spacial score (nSPS) is 12.8. The number of halogens is 3. The van der Waals surface area contributed by atoms with Crippen LogP contribution >= 0.6 is 0 Å². The predicted octanol–water partition coefficient (Wildman–Crippen LogP) is 4.75. The lowest BCUT2D eigenvalue weighted by Gasteiger charge is -2.30. The van der Waals surface area contributed by atoms with Gasteiger partial charge in [-0.05, 0) is 55.5 Å². The van der Waals surface area contributed by atoms with Gasteiger partial charge in [0.2, 0.25) is 21.8 Å². The van der Waals surface area contributed by atoms with Crippen molar-refractivity contribution in [3.63, 3.8) is 0 Å². The van der Waals surface area contributed by atoms with Crippen LogP contribution in [0.5, 0.6) is 0 Å². The maximum Gasteiger partial charge on any atom is 0.416 e. The van der Waals surface area contributed by atoms with E-state index in [1.54, 1.807) is 6.92 Å². The summed E-state index contributed by atoms with van der Waals surface area (Å²) in [5.74, 6) is -0.440. The van der Waals surface area contributed by atoms with Crippen LogP contribution < -0.4 is 9.62 Å². The van der Waals surface area contributed by atoms with Gasteiger partial charge in [0.1, 0.15) is 6.04 Å². The Balaban J connectivity index is 2.22. The molecule has 38 heavy (non-hydrogen) atoms. The van der Waals surface area contributed by atoms with E-state index in [1.165, 1.54) is 11.0 Å². The summed E-state index contributed by atoms with van der Waals surface area (Å²) < 4.78 is 65.2. The van der Waals surface area contributed by atoms with Gasteiger partial charge < -0.3 is 10.2 Å². The summed E-state index contributed by atoms with van der Waals surface area (Å²) in [6.45, 7) is 7.90. The van der Waals surface area contributed by atoms with E-state index in [1.807, 2.05) is 45.0 Å². The topological polar surface area (TPSA) is 86.8 Å².